The maximum absolute atomic E-state index is 12.3. The normalized spacial score (nSPS) is 25.5. The number of hydrogen-bond donors (Lipinski definition) is 1. The van der Waals surface area contributed by atoms with Gasteiger partial charge in [-0.3, -0.25) is 0 Å². The van der Waals surface area contributed by atoms with Crippen LogP contribution in [-0.2, 0) is 6.42 Å². The summed E-state index contributed by atoms with van der Waals surface area (Å²) < 4.78 is 18.1. The number of ether oxygens (including phenoxy) is 2. The minimum Gasteiger partial charge on any atom is -0.489 e. The summed E-state index contributed by atoms with van der Waals surface area (Å²) in [5, 5.41) is 11.8. The lowest BCUT2D eigenvalue weighted by Gasteiger charge is -2.37. The van der Waals surface area contributed by atoms with Gasteiger partial charge in [0, 0.05) is 12.0 Å². The van der Waals surface area contributed by atoms with E-state index in [1.165, 1.54) is 6.07 Å². The average molecular weight is 370 g/mol. The first-order chi connectivity index (χ1) is 12.7. The van der Waals surface area contributed by atoms with Gasteiger partial charge in [0.1, 0.15) is 23.2 Å². The molecule has 0 radical (unpaired) electrons. The first-order valence-corrected chi connectivity index (χ1v) is 9.63. The molecule has 2 aliphatic heterocycles. The van der Waals surface area contributed by atoms with Gasteiger partial charge in [0.2, 0.25) is 0 Å². The SMILES string of the molecule is CCCc1cc(=O)oc2c3c(c4c(c12)OC(C)(C)C=C4)O[C@H](C)[C@@H](C)C3O. The number of aliphatic hydroxyl groups is 1. The van der Waals surface area contributed by atoms with Gasteiger partial charge in [-0.15, -0.1) is 0 Å². The summed E-state index contributed by atoms with van der Waals surface area (Å²) >= 11 is 0. The maximum Gasteiger partial charge on any atom is 0.336 e. The number of benzene rings is 1. The Kier molecular flexibility index (Phi) is 4.11. The Morgan fingerprint density at radius 1 is 1.22 bits per heavy atom. The predicted molar refractivity (Wildman–Crippen MR) is 104 cm³/mol. The zero-order valence-corrected chi connectivity index (χ0v) is 16.5. The van der Waals surface area contributed by atoms with Crippen molar-refractivity contribution in [2.45, 2.75) is 65.3 Å². The van der Waals surface area contributed by atoms with Crippen molar-refractivity contribution in [1.29, 1.82) is 0 Å². The average Bonchev–Trinajstić information content (AvgIpc) is 2.58. The monoisotopic (exact) mass is 370 g/mol. The van der Waals surface area contributed by atoms with Crippen LogP contribution in [-0.4, -0.2) is 16.8 Å². The van der Waals surface area contributed by atoms with Gasteiger partial charge >= 0.3 is 5.63 Å². The topological polar surface area (TPSA) is 68.9 Å². The second kappa shape index (κ2) is 6.13. The molecule has 1 aromatic carbocycles. The van der Waals surface area contributed by atoms with E-state index in [2.05, 4.69) is 6.92 Å². The summed E-state index contributed by atoms with van der Waals surface area (Å²) in [7, 11) is 0. The third-order valence-corrected chi connectivity index (χ3v) is 5.62. The highest BCUT2D eigenvalue weighted by Gasteiger charge is 2.39. The minimum atomic E-state index is -0.778. The summed E-state index contributed by atoms with van der Waals surface area (Å²) in [5.74, 6) is 1.10. The Balaban J connectivity index is 2.17. The van der Waals surface area contributed by atoms with Crippen LogP contribution in [0.3, 0.4) is 0 Å². The molecule has 144 valence electrons. The number of hydrogen-bond acceptors (Lipinski definition) is 5. The van der Waals surface area contributed by atoms with Gasteiger partial charge in [0.05, 0.1) is 22.6 Å². The summed E-state index contributed by atoms with van der Waals surface area (Å²) in [6, 6.07) is 1.54. The molecular weight excluding hydrogens is 344 g/mol. The lowest BCUT2D eigenvalue weighted by molar-refractivity contribution is 0.0173. The van der Waals surface area contributed by atoms with Crippen LogP contribution in [0.15, 0.2) is 21.4 Å². The molecule has 4 rings (SSSR count). The van der Waals surface area contributed by atoms with E-state index in [-0.39, 0.29) is 12.0 Å². The fourth-order valence-corrected chi connectivity index (χ4v) is 3.98. The number of rotatable bonds is 2. The van der Waals surface area contributed by atoms with Gasteiger partial charge < -0.3 is 19.0 Å². The Morgan fingerprint density at radius 3 is 2.67 bits per heavy atom. The van der Waals surface area contributed by atoms with Gasteiger partial charge in [-0.1, -0.05) is 20.3 Å². The molecule has 3 heterocycles. The third kappa shape index (κ3) is 2.76. The van der Waals surface area contributed by atoms with Crippen molar-refractivity contribution < 1.29 is 19.0 Å². The van der Waals surface area contributed by atoms with Crippen molar-refractivity contribution in [3.05, 3.63) is 39.3 Å². The van der Waals surface area contributed by atoms with E-state index >= 15 is 0 Å². The van der Waals surface area contributed by atoms with Crippen molar-refractivity contribution >= 4 is 17.0 Å². The minimum absolute atomic E-state index is 0.121. The molecule has 0 amide bonds. The highest BCUT2D eigenvalue weighted by molar-refractivity contribution is 5.97. The van der Waals surface area contributed by atoms with E-state index in [0.717, 1.165) is 29.4 Å². The molecule has 2 aliphatic rings. The lowest BCUT2D eigenvalue weighted by atomic mass is 9.85. The molecule has 0 spiro atoms. The molecule has 0 aliphatic carbocycles. The lowest BCUT2D eigenvalue weighted by Crippen LogP contribution is -2.34. The van der Waals surface area contributed by atoms with E-state index in [1.807, 2.05) is 39.8 Å². The first-order valence-electron chi connectivity index (χ1n) is 9.63. The Morgan fingerprint density at radius 2 is 1.96 bits per heavy atom. The Labute approximate surface area is 158 Å². The van der Waals surface area contributed by atoms with Crippen molar-refractivity contribution in [3.8, 4) is 11.5 Å². The van der Waals surface area contributed by atoms with Crippen LogP contribution in [0.1, 0.15) is 63.8 Å². The van der Waals surface area contributed by atoms with E-state index in [1.54, 1.807) is 0 Å². The number of aryl methyl sites for hydroxylation is 1. The van der Waals surface area contributed by atoms with E-state index in [9.17, 15) is 9.90 Å². The summed E-state index contributed by atoms with van der Waals surface area (Å²) in [4.78, 5) is 12.3. The van der Waals surface area contributed by atoms with Crippen LogP contribution >= 0.6 is 0 Å². The zero-order valence-electron chi connectivity index (χ0n) is 16.5. The molecule has 1 N–H and O–H groups in total. The van der Waals surface area contributed by atoms with Gasteiger partial charge in [-0.05, 0) is 44.9 Å². The molecule has 1 aromatic heterocycles. The van der Waals surface area contributed by atoms with Crippen molar-refractivity contribution in [1.82, 2.24) is 0 Å². The van der Waals surface area contributed by atoms with Crippen LogP contribution in [0.4, 0.5) is 0 Å². The highest BCUT2D eigenvalue weighted by Crippen LogP contribution is 2.52. The fraction of sp³-hybridized carbons (Fsp3) is 0.500. The van der Waals surface area contributed by atoms with Crippen molar-refractivity contribution in [3.63, 3.8) is 0 Å². The summed E-state index contributed by atoms with van der Waals surface area (Å²) in [6.07, 6.45) is 4.65. The van der Waals surface area contributed by atoms with Crippen LogP contribution in [0.5, 0.6) is 11.5 Å². The van der Waals surface area contributed by atoms with Crippen molar-refractivity contribution in [2.24, 2.45) is 5.92 Å². The Hall–Kier alpha value is -2.27. The molecule has 0 saturated carbocycles. The van der Waals surface area contributed by atoms with Gasteiger partial charge in [0.25, 0.3) is 0 Å². The second-order valence-electron chi connectivity index (χ2n) is 8.20. The van der Waals surface area contributed by atoms with Crippen LogP contribution in [0, 0.1) is 5.92 Å². The van der Waals surface area contributed by atoms with E-state index in [0.29, 0.717) is 22.6 Å². The molecule has 5 heteroatoms. The van der Waals surface area contributed by atoms with Gasteiger partial charge in [-0.2, -0.15) is 0 Å². The van der Waals surface area contributed by atoms with Crippen LogP contribution in [0.2, 0.25) is 0 Å². The van der Waals surface area contributed by atoms with E-state index in [4.69, 9.17) is 13.9 Å². The smallest absolute Gasteiger partial charge is 0.336 e. The zero-order chi connectivity index (χ0) is 19.5. The molecular formula is C22H26O5. The molecule has 0 bridgehead atoms. The molecule has 3 atom stereocenters. The molecule has 0 saturated heterocycles. The number of fused-ring (bicyclic) bond motifs is 6. The van der Waals surface area contributed by atoms with Crippen LogP contribution in [0.25, 0.3) is 17.0 Å². The highest BCUT2D eigenvalue weighted by atomic mass is 16.5. The molecule has 1 unspecified atom stereocenters. The first kappa shape index (κ1) is 18.1. The van der Waals surface area contributed by atoms with Gasteiger partial charge in [-0.25, -0.2) is 4.79 Å². The van der Waals surface area contributed by atoms with Crippen molar-refractivity contribution in [2.75, 3.05) is 0 Å². The quantitative estimate of drug-likeness (QED) is 0.795. The standard InChI is InChI=1S/C22H26O5/c1-6-7-13-10-15(23)26-21-16(13)20-14(8-9-22(4,5)27-20)19-17(21)18(24)11(2)12(3)25-19/h8-12,18,24H,6-7H2,1-5H3/t11-,12-,18?/m1/s1. The summed E-state index contributed by atoms with van der Waals surface area (Å²) in [6.45, 7) is 9.91. The Bertz CT molecular complexity index is 998. The largest absolute Gasteiger partial charge is 0.489 e. The van der Waals surface area contributed by atoms with Crippen LogP contribution < -0.4 is 15.1 Å². The van der Waals surface area contributed by atoms with Gasteiger partial charge in [0.15, 0.2) is 5.58 Å². The number of aliphatic hydroxyl groups excluding tert-OH is 1. The second-order valence-corrected chi connectivity index (χ2v) is 8.20. The maximum atomic E-state index is 12.3. The van der Waals surface area contributed by atoms with E-state index < -0.39 is 17.3 Å². The fourth-order valence-electron chi connectivity index (χ4n) is 3.98. The third-order valence-electron chi connectivity index (χ3n) is 5.62. The molecule has 5 nitrogen and oxygen atoms in total. The molecule has 27 heavy (non-hydrogen) atoms. The predicted octanol–water partition coefficient (Wildman–Crippen LogP) is 4.38. The summed E-state index contributed by atoms with van der Waals surface area (Å²) in [5.41, 5.74) is 1.72. The molecule has 2 aromatic rings. The molecule has 0 fully saturated rings.